The van der Waals surface area contributed by atoms with Crippen LogP contribution in [0.2, 0.25) is 0 Å². The van der Waals surface area contributed by atoms with Crippen LogP contribution in [-0.4, -0.2) is 14.5 Å². The molecule has 12 aromatic rings. The molecule has 0 aliphatic rings. The summed E-state index contributed by atoms with van der Waals surface area (Å²) in [6.07, 6.45) is 0. The lowest BCUT2D eigenvalue weighted by atomic mass is 9.94. The van der Waals surface area contributed by atoms with Gasteiger partial charge in [0.2, 0.25) is 0 Å². The summed E-state index contributed by atoms with van der Waals surface area (Å²) >= 11 is 1.90. The third-order valence-corrected chi connectivity index (χ3v) is 11.4. The number of nitrogens with zero attached hydrogens (tertiary/aromatic N) is 3. The van der Waals surface area contributed by atoms with Crippen LogP contribution >= 0.6 is 11.3 Å². The van der Waals surface area contributed by atoms with E-state index in [1.165, 1.54) is 74.2 Å². The highest BCUT2D eigenvalue weighted by Gasteiger charge is 2.27. The Morgan fingerprint density at radius 1 is 0.435 bits per heavy atom. The molecule has 4 heteroatoms. The SMILES string of the molecule is c1ccc(-c2nc3ccc4ccccc4c3nc2-n2c3ccc4ccc5ccc6ccc7sc8ccc2c2c8c7c6c5c4c23)cc1. The van der Waals surface area contributed by atoms with Gasteiger partial charge in [-0.15, -0.1) is 11.3 Å². The van der Waals surface area contributed by atoms with E-state index >= 15 is 0 Å². The summed E-state index contributed by atoms with van der Waals surface area (Å²) in [5, 5.41) is 15.6. The minimum Gasteiger partial charge on any atom is -0.292 e. The lowest BCUT2D eigenvalue weighted by Crippen LogP contribution is -2.04. The van der Waals surface area contributed by atoms with Crippen molar-refractivity contribution < 1.29 is 0 Å². The third kappa shape index (κ3) is 2.72. The van der Waals surface area contributed by atoms with Crippen LogP contribution in [0, 0.1) is 0 Å². The highest BCUT2D eigenvalue weighted by Crippen LogP contribution is 2.52. The Bertz CT molecular complexity index is 3180. The number of rotatable bonds is 2. The molecule has 9 aromatic carbocycles. The fourth-order valence-electron chi connectivity index (χ4n) is 8.34. The van der Waals surface area contributed by atoms with Crippen molar-refractivity contribution in [3.05, 3.63) is 127 Å². The highest BCUT2D eigenvalue weighted by atomic mass is 32.1. The van der Waals surface area contributed by atoms with Gasteiger partial charge in [-0.05, 0) is 62.6 Å². The summed E-state index contributed by atoms with van der Waals surface area (Å²) in [5.74, 6) is 0.861. The van der Waals surface area contributed by atoms with E-state index in [0.29, 0.717) is 0 Å². The minimum atomic E-state index is 0.861. The van der Waals surface area contributed by atoms with Gasteiger partial charge < -0.3 is 0 Å². The van der Waals surface area contributed by atoms with Gasteiger partial charge in [0.15, 0.2) is 5.82 Å². The second kappa shape index (κ2) is 8.05. The van der Waals surface area contributed by atoms with Crippen LogP contribution in [0.4, 0.5) is 0 Å². The first-order valence-corrected chi connectivity index (χ1v) is 16.5. The Morgan fingerprint density at radius 2 is 1.00 bits per heavy atom. The van der Waals surface area contributed by atoms with Gasteiger partial charge in [-0.1, -0.05) is 97.1 Å². The predicted octanol–water partition coefficient (Wildman–Crippen LogP) is 11.7. The molecular formula is C42H21N3S. The summed E-state index contributed by atoms with van der Waals surface area (Å²) in [5.41, 5.74) is 6.10. The number of benzene rings is 8. The molecule has 210 valence electrons. The van der Waals surface area contributed by atoms with Crippen LogP contribution in [-0.2, 0) is 0 Å². The van der Waals surface area contributed by atoms with Gasteiger partial charge >= 0.3 is 0 Å². The summed E-state index contributed by atoms with van der Waals surface area (Å²) in [6, 6.07) is 46.3. The lowest BCUT2D eigenvalue weighted by molar-refractivity contribution is 1.08. The smallest absolute Gasteiger partial charge is 0.165 e. The number of aromatic nitrogens is 3. The van der Waals surface area contributed by atoms with Crippen molar-refractivity contribution in [2.24, 2.45) is 0 Å². The minimum absolute atomic E-state index is 0.861. The predicted molar refractivity (Wildman–Crippen MR) is 196 cm³/mol. The average Bonchev–Trinajstić information content (AvgIpc) is 3.62. The average molecular weight is 600 g/mol. The maximum atomic E-state index is 5.58. The number of hydrogen-bond donors (Lipinski definition) is 0. The summed E-state index contributed by atoms with van der Waals surface area (Å²) < 4.78 is 5.07. The number of hydrogen-bond acceptors (Lipinski definition) is 3. The quantitative estimate of drug-likeness (QED) is 0.185. The molecule has 3 heterocycles. The van der Waals surface area contributed by atoms with E-state index in [2.05, 4.69) is 132 Å². The first-order chi connectivity index (χ1) is 22.8. The zero-order valence-corrected chi connectivity index (χ0v) is 25.2. The Morgan fingerprint density at radius 3 is 1.80 bits per heavy atom. The van der Waals surface area contributed by atoms with Gasteiger partial charge in [0, 0.05) is 47.3 Å². The molecule has 0 unspecified atom stereocenters. The van der Waals surface area contributed by atoms with Crippen molar-refractivity contribution >= 4 is 107 Å². The standard InChI is InChI=1S/C42H21N3S/c1-2-7-26(8-3-1)40-42(44-41-27-9-5-4-6-22(27)14-17-28(41)43-40)45-29-18-15-24-12-10-23-11-13-25-16-20-31-38-35(25)33(23)34(24)36(29)37-30(45)19-21-32(46-31)39(37)38/h1-21H. The second-order valence-corrected chi connectivity index (χ2v) is 13.6. The van der Waals surface area contributed by atoms with Crippen molar-refractivity contribution in [3.8, 4) is 17.1 Å². The molecule has 0 saturated carbocycles. The van der Waals surface area contributed by atoms with Crippen molar-refractivity contribution in [2.45, 2.75) is 0 Å². The molecule has 0 radical (unpaired) electrons. The molecule has 0 saturated heterocycles. The molecular weight excluding hydrogens is 579 g/mol. The zero-order chi connectivity index (χ0) is 29.7. The van der Waals surface area contributed by atoms with Gasteiger partial charge in [-0.2, -0.15) is 0 Å². The Labute approximate surface area is 265 Å². The van der Waals surface area contributed by atoms with Crippen LogP contribution in [0.25, 0.3) is 113 Å². The van der Waals surface area contributed by atoms with E-state index in [1.807, 2.05) is 11.3 Å². The molecule has 12 rings (SSSR count). The fourth-order valence-corrected chi connectivity index (χ4v) is 9.46. The molecule has 3 aromatic heterocycles. The molecule has 0 fully saturated rings. The molecule has 46 heavy (non-hydrogen) atoms. The number of fused-ring (bicyclic) bond motifs is 3. The van der Waals surface area contributed by atoms with Crippen molar-refractivity contribution in [3.63, 3.8) is 0 Å². The maximum absolute atomic E-state index is 5.58. The molecule has 0 aliphatic heterocycles. The van der Waals surface area contributed by atoms with Crippen molar-refractivity contribution in [1.29, 1.82) is 0 Å². The van der Waals surface area contributed by atoms with Crippen LogP contribution in [0.1, 0.15) is 0 Å². The summed E-state index contributed by atoms with van der Waals surface area (Å²) in [7, 11) is 0. The Balaban J connectivity index is 1.37. The van der Waals surface area contributed by atoms with E-state index in [9.17, 15) is 0 Å². The van der Waals surface area contributed by atoms with E-state index < -0.39 is 0 Å². The lowest BCUT2D eigenvalue weighted by Gasteiger charge is -2.15. The zero-order valence-electron chi connectivity index (χ0n) is 24.4. The van der Waals surface area contributed by atoms with Gasteiger partial charge in [0.1, 0.15) is 5.69 Å². The Kier molecular flexibility index (Phi) is 4.12. The second-order valence-electron chi connectivity index (χ2n) is 12.5. The highest BCUT2D eigenvalue weighted by molar-refractivity contribution is 7.26. The van der Waals surface area contributed by atoms with E-state index in [-0.39, 0.29) is 0 Å². The van der Waals surface area contributed by atoms with Gasteiger partial charge in [-0.25, -0.2) is 9.97 Å². The fraction of sp³-hybridized carbons (Fsp3) is 0. The van der Waals surface area contributed by atoms with Crippen LogP contribution in [0.3, 0.4) is 0 Å². The first kappa shape index (κ1) is 23.5. The third-order valence-electron chi connectivity index (χ3n) is 10.2. The van der Waals surface area contributed by atoms with Crippen molar-refractivity contribution in [2.75, 3.05) is 0 Å². The van der Waals surface area contributed by atoms with E-state index in [0.717, 1.165) is 39.0 Å². The summed E-state index contributed by atoms with van der Waals surface area (Å²) in [4.78, 5) is 11.0. The first-order valence-electron chi connectivity index (χ1n) is 15.7. The molecule has 0 atom stereocenters. The topological polar surface area (TPSA) is 30.7 Å². The molecule has 3 nitrogen and oxygen atoms in total. The van der Waals surface area contributed by atoms with E-state index in [4.69, 9.17) is 9.97 Å². The molecule has 0 aliphatic carbocycles. The Hall–Kier alpha value is -5.84. The summed E-state index contributed by atoms with van der Waals surface area (Å²) in [6.45, 7) is 0. The van der Waals surface area contributed by atoms with Crippen LogP contribution in [0.15, 0.2) is 127 Å². The monoisotopic (exact) mass is 599 g/mol. The van der Waals surface area contributed by atoms with Crippen LogP contribution < -0.4 is 0 Å². The van der Waals surface area contributed by atoms with Gasteiger partial charge in [-0.3, -0.25) is 4.57 Å². The van der Waals surface area contributed by atoms with Crippen molar-refractivity contribution in [1.82, 2.24) is 14.5 Å². The van der Waals surface area contributed by atoms with Gasteiger partial charge in [0.05, 0.1) is 22.1 Å². The van der Waals surface area contributed by atoms with Crippen LogP contribution in [0.5, 0.6) is 0 Å². The molecule has 0 bridgehead atoms. The molecule has 0 spiro atoms. The number of thiophene rings is 1. The molecule has 0 N–H and O–H groups in total. The van der Waals surface area contributed by atoms with Gasteiger partial charge in [0.25, 0.3) is 0 Å². The largest absolute Gasteiger partial charge is 0.292 e. The van der Waals surface area contributed by atoms with E-state index in [1.54, 1.807) is 0 Å². The molecule has 0 amide bonds. The maximum Gasteiger partial charge on any atom is 0.165 e. The normalized spacial score (nSPS) is 12.8.